The van der Waals surface area contributed by atoms with Crippen LogP contribution in [0.25, 0.3) is 22.5 Å². The van der Waals surface area contributed by atoms with Crippen LogP contribution in [-0.2, 0) is 16.4 Å². The molecule has 184 valence electrons. The maximum absolute atomic E-state index is 13.0. The molecular weight excluding hydrogens is 464 g/mol. The number of piperidine rings is 1. The number of tetrazole rings is 1. The van der Waals surface area contributed by atoms with Crippen LogP contribution in [0, 0.1) is 5.92 Å². The highest BCUT2D eigenvalue weighted by Gasteiger charge is 2.29. The quantitative estimate of drug-likeness (QED) is 0.385. The molecule has 10 nitrogen and oxygen atoms in total. The molecule has 0 unspecified atom stereocenters. The van der Waals surface area contributed by atoms with Crippen molar-refractivity contribution in [1.82, 2.24) is 30.8 Å². The summed E-state index contributed by atoms with van der Waals surface area (Å²) < 4.78 is 25.9. The molecule has 6 N–H and O–H groups in total. The first-order valence-corrected chi connectivity index (χ1v) is 13.3. The van der Waals surface area contributed by atoms with Crippen LogP contribution in [0.15, 0.2) is 53.7 Å². The van der Waals surface area contributed by atoms with E-state index in [0.29, 0.717) is 40.8 Å². The van der Waals surface area contributed by atoms with E-state index in [4.69, 9.17) is 10.9 Å². The molecule has 0 amide bonds. The zero-order valence-electron chi connectivity index (χ0n) is 19.4. The Labute approximate surface area is 204 Å². The van der Waals surface area contributed by atoms with E-state index in [-0.39, 0.29) is 10.7 Å². The Morgan fingerprint density at radius 1 is 1.11 bits per heavy atom. The lowest BCUT2D eigenvalue weighted by Crippen LogP contribution is -2.39. The molecule has 0 bridgehead atoms. The molecule has 2 fully saturated rings. The number of sulfonamides is 1. The largest absolute Gasteiger partial charge is 0.386 e. The molecule has 2 aliphatic heterocycles. The third-order valence-corrected chi connectivity index (χ3v) is 8.13. The van der Waals surface area contributed by atoms with Crippen molar-refractivity contribution in [1.29, 1.82) is 0 Å². The van der Waals surface area contributed by atoms with Crippen LogP contribution < -0.4 is 16.2 Å². The number of likely N-dealkylation sites (tertiary alicyclic amines) is 1. The van der Waals surface area contributed by atoms with Crippen molar-refractivity contribution in [3.8, 4) is 22.5 Å². The fourth-order valence-corrected chi connectivity index (χ4v) is 6.04. The number of rotatable bonds is 7. The van der Waals surface area contributed by atoms with Crippen molar-refractivity contribution in [3.05, 3.63) is 59.9 Å². The van der Waals surface area contributed by atoms with Crippen molar-refractivity contribution in [3.63, 3.8) is 0 Å². The summed E-state index contributed by atoms with van der Waals surface area (Å²) >= 11 is 0. The summed E-state index contributed by atoms with van der Waals surface area (Å²) in [5, 5.41) is 23.5. The normalized spacial score (nSPS) is 17.3. The van der Waals surface area contributed by atoms with Crippen LogP contribution in [0.2, 0.25) is 0 Å². The third-order valence-electron chi connectivity index (χ3n) is 7.10. The maximum atomic E-state index is 13.0. The fourth-order valence-electron chi connectivity index (χ4n) is 5.04. The van der Waals surface area contributed by atoms with Gasteiger partial charge in [-0.15, -0.1) is 10.2 Å². The number of nitrogens with one attached hydrogen (secondary N) is 2. The zero-order valence-corrected chi connectivity index (χ0v) is 20.3. The Morgan fingerprint density at radius 2 is 1.83 bits per heavy atom. The number of aromatic nitrogens is 4. The average Bonchev–Trinajstić information content (AvgIpc) is 3.32. The average molecular weight is 495 g/mol. The number of primary sulfonamides is 1. The lowest BCUT2D eigenvalue weighted by molar-refractivity contribution is 0.224. The van der Waals surface area contributed by atoms with Gasteiger partial charge in [-0.25, -0.2) is 13.6 Å². The van der Waals surface area contributed by atoms with Gasteiger partial charge in [-0.3, -0.25) is 0 Å². The Balaban J connectivity index is 1.56. The van der Waals surface area contributed by atoms with Crippen LogP contribution in [0.4, 0.5) is 0 Å². The zero-order chi connectivity index (χ0) is 24.6. The van der Waals surface area contributed by atoms with Crippen molar-refractivity contribution < 1.29 is 8.42 Å². The van der Waals surface area contributed by atoms with Crippen molar-refractivity contribution in [2.75, 3.05) is 26.2 Å². The van der Waals surface area contributed by atoms with Gasteiger partial charge in [0.15, 0.2) is 0 Å². The van der Waals surface area contributed by atoms with Gasteiger partial charge < -0.3 is 16.0 Å². The van der Waals surface area contributed by atoms with Gasteiger partial charge in [0.1, 0.15) is 0 Å². The number of hydrogen-bond donors (Lipinski definition) is 4. The highest BCUT2D eigenvalue weighted by molar-refractivity contribution is 7.89. The van der Waals surface area contributed by atoms with Crippen LogP contribution in [0.1, 0.15) is 29.9 Å². The molecule has 0 saturated carbocycles. The first kappa shape index (κ1) is 23.5. The van der Waals surface area contributed by atoms with E-state index in [2.05, 4.69) is 44.7 Å². The molecule has 3 heterocycles. The van der Waals surface area contributed by atoms with Crippen molar-refractivity contribution in [2.24, 2.45) is 16.8 Å². The molecule has 5 rings (SSSR count). The topological polar surface area (TPSA) is 156 Å². The standard InChI is InChI=1S/C24H30N8O2S/c1-15(25)32-10-8-16(9-11-32)12-19-6-7-21(18-4-2-17(3-5-18)20-13-27-14-20)22(23(19)35(26,33)34)24-28-30-31-29-24/h2-7,16,20,27H,1,8-14,25H2,(H2,26,33,34)(H,28,29,30,31). The number of nitrogens with two attached hydrogens (primary N) is 2. The second-order valence-electron chi connectivity index (χ2n) is 9.36. The summed E-state index contributed by atoms with van der Waals surface area (Å²) in [4.78, 5) is 2.11. The van der Waals surface area contributed by atoms with E-state index in [1.54, 1.807) is 0 Å². The Bertz CT molecular complexity index is 1310. The summed E-state index contributed by atoms with van der Waals surface area (Å²) in [5.74, 6) is 1.57. The molecule has 3 aromatic rings. The van der Waals surface area contributed by atoms with Gasteiger partial charge >= 0.3 is 0 Å². The summed E-state index contributed by atoms with van der Waals surface area (Å²) in [6.07, 6.45) is 2.35. The molecule has 1 aromatic heterocycles. The van der Waals surface area contributed by atoms with Gasteiger partial charge in [0, 0.05) is 32.1 Å². The van der Waals surface area contributed by atoms with Crippen LogP contribution in [0.3, 0.4) is 0 Å². The Hall–Kier alpha value is -3.28. The van der Waals surface area contributed by atoms with E-state index in [9.17, 15) is 8.42 Å². The Kier molecular flexibility index (Phi) is 6.30. The summed E-state index contributed by atoms with van der Waals surface area (Å²) in [6, 6.07) is 12.0. The van der Waals surface area contributed by atoms with Gasteiger partial charge in [-0.1, -0.05) is 43.0 Å². The number of aromatic amines is 1. The highest BCUT2D eigenvalue weighted by atomic mass is 32.2. The van der Waals surface area contributed by atoms with Crippen LogP contribution in [-0.4, -0.2) is 60.1 Å². The van der Waals surface area contributed by atoms with Crippen LogP contribution >= 0.6 is 0 Å². The first-order valence-electron chi connectivity index (χ1n) is 11.7. The molecule has 35 heavy (non-hydrogen) atoms. The molecule has 2 aliphatic rings. The molecular formula is C24H30N8O2S. The Morgan fingerprint density at radius 3 is 2.37 bits per heavy atom. The number of benzene rings is 2. The van der Waals surface area contributed by atoms with E-state index < -0.39 is 10.0 Å². The molecule has 0 radical (unpaired) electrons. The lowest BCUT2D eigenvalue weighted by Gasteiger charge is -2.33. The maximum Gasteiger partial charge on any atom is 0.239 e. The molecule has 11 heteroatoms. The number of H-pyrrole nitrogens is 1. The second kappa shape index (κ2) is 9.40. The molecule has 2 saturated heterocycles. The minimum atomic E-state index is -4.09. The molecule has 2 aromatic carbocycles. The third kappa shape index (κ3) is 4.79. The minimum Gasteiger partial charge on any atom is -0.386 e. The van der Waals surface area contributed by atoms with E-state index in [0.717, 1.165) is 44.6 Å². The summed E-state index contributed by atoms with van der Waals surface area (Å²) in [5.41, 5.74) is 9.70. The smallest absolute Gasteiger partial charge is 0.239 e. The molecule has 0 spiro atoms. The SMILES string of the molecule is C=C(N)N1CCC(Cc2ccc(-c3ccc(C4CNC4)cc3)c(-c3nn[nH]n3)c2S(N)(=O)=O)CC1. The van der Waals surface area contributed by atoms with Crippen molar-refractivity contribution >= 4 is 10.0 Å². The monoisotopic (exact) mass is 494 g/mol. The van der Waals surface area contributed by atoms with Crippen molar-refractivity contribution in [2.45, 2.75) is 30.1 Å². The minimum absolute atomic E-state index is 0.0642. The predicted octanol–water partition coefficient (Wildman–Crippen LogP) is 1.55. The lowest BCUT2D eigenvalue weighted by atomic mass is 9.87. The van der Waals surface area contributed by atoms with E-state index in [1.807, 2.05) is 29.2 Å². The predicted molar refractivity (Wildman–Crippen MR) is 133 cm³/mol. The van der Waals surface area contributed by atoms with Gasteiger partial charge in [0.2, 0.25) is 15.8 Å². The van der Waals surface area contributed by atoms with Gasteiger partial charge in [0.05, 0.1) is 16.3 Å². The molecule has 0 atom stereocenters. The fraction of sp³-hybridized carbons (Fsp3) is 0.375. The van der Waals surface area contributed by atoms with E-state index in [1.165, 1.54) is 5.56 Å². The summed E-state index contributed by atoms with van der Waals surface area (Å²) in [6.45, 7) is 7.34. The van der Waals surface area contributed by atoms with Crippen LogP contribution in [0.5, 0.6) is 0 Å². The first-order chi connectivity index (χ1) is 16.8. The number of nitrogens with zero attached hydrogens (tertiary/aromatic N) is 4. The van der Waals surface area contributed by atoms with Gasteiger partial charge in [-0.2, -0.15) is 5.21 Å². The highest BCUT2D eigenvalue weighted by Crippen LogP contribution is 2.39. The summed E-state index contributed by atoms with van der Waals surface area (Å²) in [7, 11) is -4.09. The van der Waals surface area contributed by atoms with Gasteiger partial charge in [0.25, 0.3) is 0 Å². The van der Waals surface area contributed by atoms with E-state index >= 15 is 0 Å². The number of hydrogen-bond acceptors (Lipinski definition) is 8. The second-order valence-corrected chi connectivity index (χ2v) is 10.9. The van der Waals surface area contributed by atoms with Gasteiger partial charge in [-0.05, 0) is 52.6 Å². The molecule has 0 aliphatic carbocycles.